The smallest absolute Gasteiger partial charge is 0.328 e. The fourth-order valence-electron chi connectivity index (χ4n) is 3.46. The molecule has 0 saturated carbocycles. The Balaban J connectivity index is 2.96. The van der Waals surface area contributed by atoms with Crippen molar-refractivity contribution < 1.29 is 34.2 Å². The molecular weight excluding hydrogens is 422 g/mol. The number of aliphatic hydroxyl groups is 1. The van der Waals surface area contributed by atoms with Crippen LogP contribution in [0.4, 0.5) is 0 Å². The lowest BCUT2D eigenvalue weighted by atomic mass is 9.98. The van der Waals surface area contributed by atoms with Gasteiger partial charge in [0.25, 0.3) is 0 Å². The van der Waals surface area contributed by atoms with E-state index in [4.69, 9.17) is 16.6 Å². The third kappa shape index (κ3) is 7.45. The summed E-state index contributed by atoms with van der Waals surface area (Å²) in [6.07, 6.45) is -0.156. The van der Waals surface area contributed by atoms with Crippen LogP contribution < -0.4 is 22.1 Å². The molecule has 0 aromatic rings. The van der Waals surface area contributed by atoms with Gasteiger partial charge in [-0.15, -0.1) is 0 Å². The number of nitrogens with two attached hydrogens (primary N) is 2. The topological polar surface area (TPSA) is 205 Å². The van der Waals surface area contributed by atoms with Crippen LogP contribution in [0.2, 0.25) is 0 Å². The molecule has 12 heteroatoms. The Morgan fingerprint density at radius 1 is 1.16 bits per heavy atom. The van der Waals surface area contributed by atoms with Gasteiger partial charge in [-0.2, -0.15) is 0 Å². The fraction of sp³-hybridized carbons (Fsp3) is 0.750. The molecule has 1 aliphatic rings. The Bertz CT molecular complexity index is 714. The molecular formula is C20H35N5O7. The number of likely N-dealkylation sites (tertiary alicyclic amines) is 1. The van der Waals surface area contributed by atoms with E-state index in [0.717, 1.165) is 0 Å². The van der Waals surface area contributed by atoms with Crippen molar-refractivity contribution in [3.05, 3.63) is 0 Å². The first-order valence-electron chi connectivity index (χ1n) is 10.8. The normalized spacial score (nSPS) is 20.5. The standard InChI is InChI=1S/C20H35N5O7/c1-4-10(2)15(22)19(30)25-9-5-6-13(25)18(29)23-12(7-8-14(21)27)17(28)24-16(11(3)26)20(31)32/h10-13,15-16,26H,4-9,22H2,1-3H3,(H2,21,27)(H,23,29)(H,24,28)(H,31,32). The van der Waals surface area contributed by atoms with E-state index in [0.29, 0.717) is 25.8 Å². The molecule has 8 N–H and O–H groups in total. The summed E-state index contributed by atoms with van der Waals surface area (Å²) >= 11 is 0. The maximum Gasteiger partial charge on any atom is 0.328 e. The monoisotopic (exact) mass is 457 g/mol. The first kappa shape index (κ1) is 27.3. The molecule has 0 aromatic carbocycles. The molecule has 0 aliphatic carbocycles. The number of amides is 4. The van der Waals surface area contributed by atoms with Crippen molar-refractivity contribution in [1.29, 1.82) is 0 Å². The van der Waals surface area contributed by atoms with Gasteiger partial charge in [-0.05, 0) is 32.1 Å². The minimum absolute atomic E-state index is 0.0747. The highest BCUT2D eigenvalue weighted by Crippen LogP contribution is 2.21. The van der Waals surface area contributed by atoms with Crippen LogP contribution in [-0.4, -0.2) is 81.5 Å². The first-order valence-corrected chi connectivity index (χ1v) is 10.8. The number of rotatable bonds is 12. The Morgan fingerprint density at radius 3 is 2.28 bits per heavy atom. The van der Waals surface area contributed by atoms with Crippen molar-refractivity contribution in [2.24, 2.45) is 17.4 Å². The van der Waals surface area contributed by atoms with Crippen molar-refractivity contribution in [2.75, 3.05) is 6.54 Å². The number of hydrogen-bond acceptors (Lipinski definition) is 7. The molecule has 1 saturated heterocycles. The number of primary amides is 1. The highest BCUT2D eigenvalue weighted by molar-refractivity contribution is 5.94. The fourth-order valence-corrected chi connectivity index (χ4v) is 3.46. The Morgan fingerprint density at radius 2 is 1.78 bits per heavy atom. The van der Waals surface area contributed by atoms with E-state index < -0.39 is 54.0 Å². The number of carbonyl (C=O) groups is 5. The van der Waals surface area contributed by atoms with E-state index in [9.17, 15) is 29.1 Å². The summed E-state index contributed by atoms with van der Waals surface area (Å²) in [6, 6.07) is -4.48. The summed E-state index contributed by atoms with van der Waals surface area (Å²) in [7, 11) is 0. The molecule has 6 atom stereocenters. The van der Waals surface area contributed by atoms with Crippen LogP contribution in [0.5, 0.6) is 0 Å². The average molecular weight is 458 g/mol. The highest BCUT2D eigenvalue weighted by atomic mass is 16.4. The summed E-state index contributed by atoms with van der Waals surface area (Å²) < 4.78 is 0. The van der Waals surface area contributed by atoms with Gasteiger partial charge in [0.2, 0.25) is 23.6 Å². The van der Waals surface area contributed by atoms with E-state index in [2.05, 4.69) is 10.6 Å². The molecule has 6 unspecified atom stereocenters. The largest absolute Gasteiger partial charge is 0.480 e. The van der Waals surface area contributed by atoms with Crippen LogP contribution in [0.25, 0.3) is 0 Å². The summed E-state index contributed by atoms with van der Waals surface area (Å²) in [5.74, 6) is -4.09. The van der Waals surface area contributed by atoms with Gasteiger partial charge in [-0.25, -0.2) is 4.79 Å². The van der Waals surface area contributed by atoms with E-state index in [1.165, 1.54) is 11.8 Å². The summed E-state index contributed by atoms with van der Waals surface area (Å²) in [6.45, 7) is 5.30. The zero-order valence-corrected chi connectivity index (χ0v) is 18.7. The van der Waals surface area contributed by atoms with Gasteiger partial charge in [0.05, 0.1) is 12.1 Å². The number of carboxylic acids is 1. The van der Waals surface area contributed by atoms with Crippen LogP contribution in [0.1, 0.15) is 52.9 Å². The van der Waals surface area contributed by atoms with Gasteiger partial charge in [-0.1, -0.05) is 20.3 Å². The predicted octanol–water partition coefficient (Wildman–Crippen LogP) is -1.95. The number of carbonyl (C=O) groups excluding carboxylic acids is 4. The average Bonchev–Trinajstić information content (AvgIpc) is 3.22. The van der Waals surface area contributed by atoms with Gasteiger partial charge in [0, 0.05) is 13.0 Å². The lowest BCUT2D eigenvalue weighted by Gasteiger charge is -2.30. The van der Waals surface area contributed by atoms with Gasteiger partial charge >= 0.3 is 5.97 Å². The molecule has 12 nitrogen and oxygen atoms in total. The zero-order valence-electron chi connectivity index (χ0n) is 18.7. The Kier molecular flexibility index (Phi) is 10.5. The highest BCUT2D eigenvalue weighted by Gasteiger charge is 2.39. The molecule has 182 valence electrons. The van der Waals surface area contributed by atoms with Crippen molar-refractivity contribution in [1.82, 2.24) is 15.5 Å². The summed E-state index contributed by atoms with van der Waals surface area (Å²) in [5.41, 5.74) is 11.2. The second-order valence-electron chi connectivity index (χ2n) is 8.23. The van der Waals surface area contributed by atoms with Gasteiger partial charge in [0.1, 0.15) is 12.1 Å². The van der Waals surface area contributed by atoms with E-state index >= 15 is 0 Å². The Hall–Kier alpha value is -2.73. The quantitative estimate of drug-likeness (QED) is 0.194. The maximum absolute atomic E-state index is 12.9. The van der Waals surface area contributed by atoms with Crippen LogP contribution in [0.3, 0.4) is 0 Å². The second kappa shape index (κ2) is 12.3. The molecule has 1 aliphatic heterocycles. The van der Waals surface area contributed by atoms with Gasteiger partial charge in [0.15, 0.2) is 6.04 Å². The Labute approximate surface area is 187 Å². The number of nitrogens with one attached hydrogen (secondary N) is 2. The molecule has 1 heterocycles. The number of aliphatic hydroxyl groups excluding tert-OH is 1. The minimum atomic E-state index is -1.60. The molecule has 4 amide bonds. The maximum atomic E-state index is 12.9. The van der Waals surface area contributed by atoms with Gasteiger partial charge < -0.3 is 37.2 Å². The molecule has 1 rings (SSSR count). The molecule has 0 bridgehead atoms. The van der Waals surface area contributed by atoms with Crippen molar-refractivity contribution in [2.45, 2.75) is 83.1 Å². The SMILES string of the molecule is CCC(C)C(N)C(=O)N1CCCC1C(=O)NC(CCC(N)=O)C(=O)NC(C(=O)O)C(C)O. The van der Waals surface area contributed by atoms with E-state index in [1.807, 2.05) is 13.8 Å². The number of aliphatic carboxylic acids is 1. The minimum Gasteiger partial charge on any atom is -0.480 e. The van der Waals surface area contributed by atoms with Crippen molar-refractivity contribution in [3.63, 3.8) is 0 Å². The van der Waals surface area contributed by atoms with Gasteiger partial charge in [-0.3, -0.25) is 19.2 Å². The third-order valence-corrected chi connectivity index (χ3v) is 5.74. The number of hydrogen-bond donors (Lipinski definition) is 6. The van der Waals surface area contributed by atoms with Crippen molar-refractivity contribution in [3.8, 4) is 0 Å². The van der Waals surface area contributed by atoms with E-state index in [-0.39, 0.29) is 24.7 Å². The molecule has 0 spiro atoms. The van der Waals surface area contributed by atoms with Crippen LogP contribution in [-0.2, 0) is 24.0 Å². The third-order valence-electron chi connectivity index (χ3n) is 5.74. The summed E-state index contributed by atoms with van der Waals surface area (Å²) in [4.78, 5) is 62.2. The second-order valence-corrected chi connectivity index (χ2v) is 8.23. The number of carboxylic acid groups (broad SMARTS) is 1. The lowest BCUT2D eigenvalue weighted by molar-refractivity contribution is -0.145. The van der Waals surface area contributed by atoms with Crippen LogP contribution >= 0.6 is 0 Å². The molecule has 1 fully saturated rings. The van der Waals surface area contributed by atoms with E-state index in [1.54, 1.807) is 0 Å². The lowest BCUT2D eigenvalue weighted by Crippen LogP contribution is -2.58. The molecule has 0 radical (unpaired) electrons. The molecule has 32 heavy (non-hydrogen) atoms. The summed E-state index contributed by atoms with van der Waals surface area (Å²) in [5, 5.41) is 23.4. The van der Waals surface area contributed by atoms with Crippen LogP contribution in [0.15, 0.2) is 0 Å². The van der Waals surface area contributed by atoms with Crippen LogP contribution in [0, 0.1) is 5.92 Å². The van der Waals surface area contributed by atoms with Crippen molar-refractivity contribution >= 4 is 29.6 Å². The predicted molar refractivity (Wildman–Crippen MR) is 114 cm³/mol. The molecule has 0 aromatic heterocycles. The zero-order chi connectivity index (χ0) is 24.6. The number of nitrogens with zero attached hydrogens (tertiary/aromatic N) is 1. The first-order chi connectivity index (χ1) is 14.9.